The van der Waals surface area contributed by atoms with E-state index in [4.69, 9.17) is 4.74 Å². The molecule has 6 heteroatoms. The summed E-state index contributed by atoms with van der Waals surface area (Å²) in [6, 6.07) is 10.6. The van der Waals surface area contributed by atoms with E-state index in [0.29, 0.717) is 0 Å². The van der Waals surface area contributed by atoms with Crippen LogP contribution in [0.5, 0.6) is 5.75 Å². The predicted molar refractivity (Wildman–Crippen MR) is 114 cm³/mol. The lowest BCUT2D eigenvalue weighted by Crippen LogP contribution is -2.39. The highest BCUT2D eigenvalue weighted by molar-refractivity contribution is 14.0. The van der Waals surface area contributed by atoms with Crippen molar-refractivity contribution in [3.63, 3.8) is 0 Å². The van der Waals surface area contributed by atoms with E-state index in [1.165, 1.54) is 10.4 Å². The highest BCUT2D eigenvalue weighted by atomic mass is 127. The molecule has 2 N–H and O–H groups in total. The van der Waals surface area contributed by atoms with Crippen molar-refractivity contribution in [2.45, 2.75) is 19.8 Å². The third-order valence-electron chi connectivity index (χ3n) is 3.65. The van der Waals surface area contributed by atoms with E-state index in [0.717, 1.165) is 43.2 Å². The van der Waals surface area contributed by atoms with E-state index >= 15 is 0 Å². The quantitative estimate of drug-likeness (QED) is 0.378. The van der Waals surface area contributed by atoms with E-state index in [9.17, 15) is 0 Å². The lowest BCUT2D eigenvalue weighted by molar-refractivity contribution is 0.411. The first-order valence-electron chi connectivity index (χ1n) is 7.83. The topological polar surface area (TPSA) is 45.7 Å². The number of halogens is 1. The summed E-state index contributed by atoms with van der Waals surface area (Å²) >= 11 is 1.79. The Bertz CT molecular complexity index is 629. The van der Waals surface area contributed by atoms with Gasteiger partial charge in [0.2, 0.25) is 0 Å². The van der Waals surface area contributed by atoms with Gasteiger partial charge in [-0.05, 0) is 48.4 Å². The molecule has 0 atom stereocenters. The maximum absolute atomic E-state index is 5.37. The molecule has 0 unspecified atom stereocenters. The maximum atomic E-state index is 5.37. The van der Waals surface area contributed by atoms with Gasteiger partial charge in [0.05, 0.1) is 7.11 Å². The molecular formula is C18H26IN3OS. The normalized spacial score (nSPS) is 10.9. The smallest absolute Gasteiger partial charge is 0.190 e. The average molecular weight is 459 g/mol. The summed E-state index contributed by atoms with van der Waals surface area (Å²) in [4.78, 5) is 5.65. The number of aryl methyl sites for hydroxylation is 1. The largest absolute Gasteiger partial charge is 0.496 e. The second-order valence-corrected chi connectivity index (χ2v) is 6.34. The van der Waals surface area contributed by atoms with Crippen LogP contribution >= 0.6 is 35.3 Å². The molecule has 132 valence electrons. The molecule has 0 aliphatic heterocycles. The van der Waals surface area contributed by atoms with Crippen LogP contribution in [-0.2, 0) is 12.8 Å². The molecule has 0 saturated heterocycles. The van der Waals surface area contributed by atoms with Gasteiger partial charge in [-0.2, -0.15) is 0 Å². The number of guanidine groups is 1. The fourth-order valence-corrected chi connectivity index (χ4v) is 3.03. The van der Waals surface area contributed by atoms with E-state index in [1.54, 1.807) is 25.5 Å². The monoisotopic (exact) mass is 459 g/mol. The fourth-order valence-electron chi connectivity index (χ4n) is 2.32. The number of ether oxygens (including phenoxy) is 1. The van der Waals surface area contributed by atoms with Crippen LogP contribution in [0, 0.1) is 6.92 Å². The Kier molecular flexibility index (Phi) is 9.78. The van der Waals surface area contributed by atoms with Crippen LogP contribution in [-0.4, -0.2) is 33.2 Å². The minimum Gasteiger partial charge on any atom is -0.496 e. The number of nitrogens with zero attached hydrogens (tertiary/aromatic N) is 1. The summed E-state index contributed by atoms with van der Waals surface area (Å²) in [6.07, 6.45) is 1.95. The minimum atomic E-state index is 0. The van der Waals surface area contributed by atoms with Crippen molar-refractivity contribution in [3.05, 3.63) is 51.7 Å². The Morgan fingerprint density at radius 1 is 1.17 bits per heavy atom. The van der Waals surface area contributed by atoms with Gasteiger partial charge in [-0.1, -0.05) is 18.2 Å². The van der Waals surface area contributed by atoms with Crippen LogP contribution in [0.15, 0.2) is 40.7 Å². The zero-order valence-electron chi connectivity index (χ0n) is 14.5. The van der Waals surface area contributed by atoms with Crippen molar-refractivity contribution >= 4 is 41.3 Å². The molecule has 2 rings (SSSR count). The van der Waals surface area contributed by atoms with Crippen LogP contribution in [0.1, 0.15) is 16.0 Å². The first-order valence-corrected chi connectivity index (χ1v) is 8.71. The SMILES string of the molecule is CN=C(NCCc1ccc(C)c(OC)c1)NCCc1cccs1.I. The molecule has 1 aromatic carbocycles. The van der Waals surface area contributed by atoms with Gasteiger partial charge in [0.25, 0.3) is 0 Å². The number of aliphatic imine (C=N–C) groups is 1. The first kappa shape index (κ1) is 20.8. The molecule has 0 saturated carbocycles. The molecular weight excluding hydrogens is 433 g/mol. The Labute approximate surface area is 165 Å². The first-order chi connectivity index (χ1) is 11.2. The van der Waals surface area contributed by atoms with Gasteiger partial charge in [0.15, 0.2) is 5.96 Å². The molecule has 0 bridgehead atoms. The predicted octanol–water partition coefficient (Wildman–Crippen LogP) is 3.63. The zero-order valence-corrected chi connectivity index (χ0v) is 17.6. The summed E-state index contributed by atoms with van der Waals surface area (Å²) in [7, 11) is 3.51. The van der Waals surface area contributed by atoms with Gasteiger partial charge >= 0.3 is 0 Å². The number of hydrogen-bond donors (Lipinski definition) is 2. The number of nitrogens with one attached hydrogen (secondary N) is 2. The van der Waals surface area contributed by atoms with Gasteiger partial charge in [0.1, 0.15) is 5.75 Å². The zero-order chi connectivity index (χ0) is 16.5. The summed E-state index contributed by atoms with van der Waals surface area (Å²) in [5.74, 6) is 1.79. The standard InChI is InChI=1S/C18H25N3OS.HI/c1-14-6-7-15(13-17(14)22-3)8-10-20-18(19-2)21-11-9-16-5-4-12-23-16;/h4-7,12-13H,8-11H2,1-3H3,(H2,19,20,21);1H. The Balaban J connectivity index is 0.00000288. The molecule has 0 aliphatic carbocycles. The van der Waals surface area contributed by atoms with E-state index in [2.05, 4.69) is 58.3 Å². The van der Waals surface area contributed by atoms with Crippen molar-refractivity contribution < 1.29 is 4.74 Å². The van der Waals surface area contributed by atoms with Gasteiger partial charge in [-0.3, -0.25) is 4.99 Å². The molecule has 0 aliphatic rings. The van der Waals surface area contributed by atoms with E-state index in [-0.39, 0.29) is 24.0 Å². The molecule has 0 fully saturated rings. The molecule has 1 heterocycles. The van der Waals surface area contributed by atoms with Crippen molar-refractivity contribution in [2.24, 2.45) is 4.99 Å². The van der Waals surface area contributed by atoms with Gasteiger partial charge in [0, 0.05) is 25.0 Å². The Morgan fingerprint density at radius 3 is 2.54 bits per heavy atom. The van der Waals surface area contributed by atoms with Crippen molar-refractivity contribution in [1.29, 1.82) is 0 Å². The molecule has 24 heavy (non-hydrogen) atoms. The number of methoxy groups -OCH3 is 1. The van der Waals surface area contributed by atoms with Crippen molar-refractivity contribution in [1.82, 2.24) is 10.6 Å². The summed E-state index contributed by atoms with van der Waals surface area (Å²) in [5, 5.41) is 8.81. The molecule has 0 amide bonds. The third-order valence-corrected chi connectivity index (χ3v) is 4.58. The average Bonchev–Trinajstić information content (AvgIpc) is 3.08. The van der Waals surface area contributed by atoms with Crippen LogP contribution in [0.3, 0.4) is 0 Å². The molecule has 2 aromatic rings. The van der Waals surface area contributed by atoms with E-state index < -0.39 is 0 Å². The second-order valence-electron chi connectivity index (χ2n) is 5.31. The van der Waals surface area contributed by atoms with Gasteiger partial charge < -0.3 is 15.4 Å². The van der Waals surface area contributed by atoms with Gasteiger partial charge in [-0.25, -0.2) is 0 Å². The summed E-state index contributed by atoms with van der Waals surface area (Å²) < 4.78 is 5.37. The fraction of sp³-hybridized carbons (Fsp3) is 0.389. The van der Waals surface area contributed by atoms with Crippen LogP contribution < -0.4 is 15.4 Å². The molecule has 4 nitrogen and oxygen atoms in total. The summed E-state index contributed by atoms with van der Waals surface area (Å²) in [6.45, 7) is 3.78. The number of thiophene rings is 1. The van der Waals surface area contributed by atoms with Crippen LogP contribution in [0.4, 0.5) is 0 Å². The van der Waals surface area contributed by atoms with Crippen molar-refractivity contribution in [3.8, 4) is 5.75 Å². The number of rotatable bonds is 7. The summed E-state index contributed by atoms with van der Waals surface area (Å²) in [5.41, 5.74) is 2.42. The molecule has 0 radical (unpaired) electrons. The highest BCUT2D eigenvalue weighted by Gasteiger charge is 2.02. The molecule has 1 aromatic heterocycles. The molecule has 0 spiro atoms. The number of hydrogen-bond acceptors (Lipinski definition) is 3. The van der Waals surface area contributed by atoms with Crippen LogP contribution in [0.25, 0.3) is 0 Å². The lowest BCUT2D eigenvalue weighted by Gasteiger charge is -2.12. The van der Waals surface area contributed by atoms with Gasteiger partial charge in [-0.15, -0.1) is 35.3 Å². The Morgan fingerprint density at radius 2 is 1.92 bits per heavy atom. The second kappa shape index (κ2) is 11.3. The lowest BCUT2D eigenvalue weighted by atomic mass is 10.1. The minimum absolute atomic E-state index is 0. The third kappa shape index (κ3) is 6.68. The van der Waals surface area contributed by atoms with E-state index in [1.807, 2.05) is 0 Å². The Hall–Kier alpha value is -1.28. The highest BCUT2D eigenvalue weighted by Crippen LogP contribution is 2.18. The van der Waals surface area contributed by atoms with Crippen LogP contribution in [0.2, 0.25) is 0 Å². The van der Waals surface area contributed by atoms with Crippen molar-refractivity contribution in [2.75, 3.05) is 27.2 Å². The number of benzene rings is 1. The maximum Gasteiger partial charge on any atom is 0.190 e.